The van der Waals surface area contributed by atoms with Gasteiger partial charge in [0.15, 0.2) is 5.17 Å². The summed E-state index contributed by atoms with van der Waals surface area (Å²) >= 11 is 1.10. The van der Waals surface area contributed by atoms with Gasteiger partial charge in [0, 0.05) is 6.54 Å². The largest absolute Gasteiger partial charge is 0.416 e. The minimum atomic E-state index is -4.49. The molecule has 1 heterocycles. The molecule has 7 heteroatoms. The van der Waals surface area contributed by atoms with Gasteiger partial charge in [-0.25, -0.2) is 4.99 Å². The van der Waals surface area contributed by atoms with E-state index in [1.807, 2.05) is 44.2 Å². The Balaban J connectivity index is 2.01. The molecule has 0 saturated carbocycles. The molecule has 2 aromatic rings. The summed E-state index contributed by atoms with van der Waals surface area (Å²) in [7, 11) is 0. The predicted molar refractivity (Wildman–Crippen MR) is 107 cm³/mol. The highest BCUT2D eigenvalue weighted by molar-refractivity contribution is 8.18. The van der Waals surface area contributed by atoms with Gasteiger partial charge in [0.25, 0.3) is 5.91 Å². The van der Waals surface area contributed by atoms with Crippen LogP contribution in [0.25, 0.3) is 6.08 Å². The van der Waals surface area contributed by atoms with Gasteiger partial charge in [-0.05, 0) is 47.5 Å². The van der Waals surface area contributed by atoms with Gasteiger partial charge in [0.05, 0.1) is 16.2 Å². The number of carbonyl (C=O) groups is 1. The van der Waals surface area contributed by atoms with Crippen LogP contribution in [0, 0.1) is 5.92 Å². The summed E-state index contributed by atoms with van der Waals surface area (Å²) in [5, 5.41) is 0.473. The SMILES string of the molecule is CC(C)CN1C(=O)/C(=C/c2ccccc2C(F)(F)F)SC1=Nc1ccccc1. The maximum Gasteiger partial charge on any atom is 0.416 e. The Hall–Kier alpha value is -2.54. The van der Waals surface area contributed by atoms with Gasteiger partial charge in [-0.1, -0.05) is 50.2 Å². The summed E-state index contributed by atoms with van der Waals surface area (Å²) in [6.07, 6.45) is -3.19. The highest BCUT2D eigenvalue weighted by Crippen LogP contribution is 2.37. The monoisotopic (exact) mass is 404 g/mol. The molecule has 0 aromatic heterocycles. The number of halogens is 3. The zero-order chi connectivity index (χ0) is 20.3. The van der Waals surface area contributed by atoms with Crippen LogP contribution < -0.4 is 0 Å². The molecule has 3 rings (SSSR count). The predicted octanol–water partition coefficient (Wildman–Crippen LogP) is 5.97. The van der Waals surface area contributed by atoms with Crippen LogP contribution in [0.3, 0.4) is 0 Å². The van der Waals surface area contributed by atoms with Crippen LogP contribution in [0.15, 0.2) is 64.5 Å². The number of alkyl halides is 3. The number of nitrogens with zero attached hydrogens (tertiary/aromatic N) is 2. The van der Waals surface area contributed by atoms with Gasteiger partial charge in [0.2, 0.25) is 0 Å². The van der Waals surface area contributed by atoms with Crippen molar-refractivity contribution in [3.8, 4) is 0 Å². The van der Waals surface area contributed by atoms with Crippen LogP contribution in [0.5, 0.6) is 0 Å². The van der Waals surface area contributed by atoms with E-state index < -0.39 is 11.7 Å². The third kappa shape index (κ3) is 4.65. The van der Waals surface area contributed by atoms with Crippen LogP contribution in [0.4, 0.5) is 18.9 Å². The summed E-state index contributed by atoms with van der Waals surface area (Å²) in [5.74, 6) is -0.141. The van der Waals surface area contributed by atoms with E-state index >= 15 is 0 Å². The maximum absolute atomic E-state index is 13.3. The van der Waals surface area contributed by atoms with Gasteiger partial charge in [-0.2, -0.15) is 13.2 Å². The lowest BCUT2D eigenvalue weighted by Crippen LogP contribution is -2.32. The Kier molecular flexibility index (Phi) is 5.93. The third-order valence-corrected chi connectivity index (χ3v) is 4.98. The molecule has 1 aliphatic rings. The topological polar surface area (TPSA) is 32.7 Å². The number of hydrogen-bond acceptors (Lipinski definition) is 3. The van der Waals surface area contributed by atoms with Gasteiger partial charge in [0.1, 0.15) is 0 Å². The molecule has 0 N–H and O–H groups in total. The first-order valence-electron chi connectivity index (χ1n) is 8.77. The minimum absolute atomic E-state index is 0.0312. The lowest BCUT2D eigenvalue weighted by molar-refractivity contribution is -0.137. The quantitative estimate of drug-likeness (QED) is 0.589. The molecule has 3 nitrogen and oxygen atoms in total. The Bertz CT molecular complexity index is 921. The van der Waals surface area contributed by atoms with Crippen molar-refractivity contribution in [3.05, 3.63) is 70.6 Å². The first-order valence-corrected chi connectivity index (χ1v) is 9.58. The van der Waals surface area contributed by atoms with E-state index in [-0.39, 0.29) is 22.3 Å². The zero-order valence-corrected chi connectivity index (χ0v) is 16.2. The molecule has 1 amide bonds. The molecule has 1 saturated heterocycles. The highest BCUT2D eigenvalue weighted by atomic mass is 32.2. The lowest BCUT2D eigenvalue weighted by Gasteiger charge is -2.17. The van der Waals surface area contributed by atoms with E-state index in [4.69, 9.17) is 0 Å². The smallest absolute Gasteiger partial charge is 0.286 e. The average Bonchev–Trinajstić information content (AvgIpc) is 2.90. The number of aliphatic imine (C=N–C) groups is 1. The molecule has 146 valence electrons. The second-order valence-electron chi connectivity index (χ2n) is 6.74. The summed E-state index contributed by atoms with van der Waals surface area (Å²) in [6.45, 7) is 4.38. The molecule has 0 spiro atoms. The van der Waals surface area contributed by atoms with E-state index in [0.717, 1.165) is 17.8 Å². The fraction of sp³-hybridized carbons (Fsp3) is 0.238. The van der Waals surface area contributed by atoms with Crippen molar-refractivity contribution in [1.29, 1.82) is 0 Å². The number of benzene rings is 2. The molecule has 1 aliphatic heterocycles. The van der Waals surface area contributed by atoms with Crippen molar-refractivity contribution in [3.63, 3.8) is 0 Å². The fourth-order valence-corrected chi connectivity index (χ4v) is 3.75. The van der Waals surface area contributed by atoms with Crippen LogP contribution in [0.1, 0.15) is 25.0 Å². The number of hydrogen-bond donors (Lipinski definition) is 0. The summed E-state index contributed by atoms with van der Waals surface area (Å²) < 4.78 is 39.8. The number of amides is 1. The normalized spacial score (nSPS) is 17.9. The third-order valence-electron chi connectivity index (χ3n) is 3.97. The first kappa shape index (κ1) is 20.2. The molecule has 28 heavy (non-hydrogen) atoms. The van der Waals surface area contributed by atoms with E-state index in [9.17, 15) is 18.0 Å². The Morgan fingerprint density at radius 1 is 1.07 bits per heavy atom. The number of rotatable bonds is 4. The van der Waals surface area contributed by atoms with Crippen LogP contribution in [-0.4, -0.2) is 22.5 Å². The first-order chi connectivity index (χ1) is 13.3. The van der Waals surface area contributed by atoms with Gasteiger partial charge in [-0.15, -0.1) is 0 Å². The molecular weight excluding hydrogens is 385 g/mol. The zero-order valence-electron chi connectivity index (χ0n) is 15.4. The molecular formula is C21H19F3N2OS. The summed E-state index contributed by atoms with van der Waals surface area (Å²) in [5.41, 5.74) is -0.112. The van der Waals surface area contributed by atoms with E-state index in [0.29, 0.717) is 17.4 Å². The van der Waals surface area contributed by atoms with E-state index in [2.05, 4.69) is 4.99 Å². The Labute approximate surface area is 166 Å². The number of carbonyl (C=O) groups excluding carboxylic acids is 1. The summed E-state index contributed by atoms with van der Waals surface area (Å²) in [6, 6.07) is 14.4. The number of amidine groups is 1. The van der Waals surface area contributed by atoms with Crippen molar-refractivity contribution in [1.82, 2.24) is 4.90 Å². The average molecular weight is 404 g/mol. The number of para-hydroxylation sites is 1. The molecule has 0 radical (unpaired) electrons. The Morgan fingerprint density at radius 3 is 2.36 bits per heavy atom. The van der Waals surface area contributed by atoms with Crippen molar-refractivity contribution >= 4 is 34.6 Å². The summed E-state index contributed by atoms with van der Waals surface area (Å²) in [4.78, 5) is 19.2. The van der Waals surface area contributed by atoms with Crippen LogP contribution in [0.2, 0.25) is 0 Å². The molecule has 1 fully saturated rings. The molecule has 0 bridgehead atoms. The van der Waals surface area contributed by atoms with Crippen molar-refractivity contribution < 1.29 is 18.0 Å². The highest BCUT2D eigenvalue weighted by Gasteiger charge is 2.36. The van der Waals surface area contributed by atoms with Crippen LogP contribution >= 0.6 is 11.8 Å². The maximum atomic E-state index is 13.3. The standard InChI is InChI=1S/C21H19F3N2OS/c1-14(2)13-26-19(27)18(28-20(26)25-16-9-4-3-5-10-16)12-15-8-6-7-11-17(15)21(22,23)24/h3-12,14H,13H2,1-2H3/b18-12-,25-20?. The van der Waals surface area contributed by atoms with Gasteiger partial charge >= 0.3 is 6.18 Å². The molecule has 2 aromatic carbocycles. The minimum Gasteiger partial charge on any atom is -0.286 e. The second kappa shape index (κ2) is 8.22. The van der Waals surface area contributed by atoms with Crippen molar-refractivity contribution in [2.24, 2.45) is 10.9 Å². The van der Waals surface area contributed by atoms with Gasteiger partial charge < -0.3 is 0 Å². The Morgan fingerprint density at radius 2 is 1.71 bits per heavy atom. The van der Waals surface area contributed by atoms with Gasteiger partial charge in [-0.3, -0.25) is 9.69 Å². The van der Waals surface area contributed by atoms with Crippen molar-refractivity contribution in [2.45, 2.75) is 20.0 Å². The lowest BCUT2D eigenvalue weighted by atomic mass is 10.1. The fourth-order valence-electron chi connectivity index (χ4n) is 2.75. The van der Waals surface area contributed by atoms with Crippen molar-refractivity contribution in [2.75, 3.05) is 6.54 Å². The molecule has 0 atom stereocenters. The second-order valence-corrected chi connectivity index (χ2v) is 7.74. The number of thioether (sulfide) groups is 1. The molecule has 0 unspecified atom stereocenters. The van der Waals surface area contributed by atoms with Crippen LogP contribution in [-0.2, 0) is 11.0 Å². The van der Waals surface area contributed by atoms with E-state index in [1.165, 1.54) is 29.2 Å². The van der Waals surface area contributed by atoms with E-state index in [1.54, 1.807) is 0 Å². The molecule has 0 aliphatic carbocycles.